The summed E-state index contributed by atoms with van der Waals surface area (Å²) in [6.45, 7) is 2.32. The maximum Gasteiger partial charge on any atom is 0.254 e. The van der Waals surface area contributed by atoms with Gasteiger partial charge in [0.15, 0.2) is 0 Å². The predicted octanol–water partition coefficient (Wildman–Crippen LogP) is 2.80. The summed E-state index contributed by atoms with van der Waals surface area (Å²) in [5.41, 5.74) is 4.86. The van der Waals surface area contributed by atoms with E-state index in [0.29, 0.717) is 38.3 Å². The zero-order valence-electron chi connectivity index (χ0n) is 16.0. The van der Waals surface area contributed by atoms with Gasteiger partial charge in [0.05, 0.1) is 19.6 Å². The van der Waals surface area contributed by atoms with Gasteiger partial charge in [-0.3, -0.25) is 9.59 Å². The number of hydrogen-bond acceptors (Lipinski definition) is 4. The molecule has 0 bridgehead atoms. The van der Waals surface area contributed by atoms with Gasteiger partial charge in [-0.2, -0.15) is 0 Å². The maximum absolute atomic E-state index is 13.0. The fourth-order valence-corrected chi connectivity index (χ4v) is 3.73. The number of nitrogens with zero attached hydrogens (tertiary/aromatic N) is 1. The molecule has 0 radical (unpaired) electrons. The minimum atomic E-state index is -0.0779. The van der Waals surface area contributed by atoms with Gasteiger partial charge in [0, 0.05) is 37.9 Å². The number of fused-ring (bicyclic) bond motifs is 2. The van der Waals surface area contributed by atoms with Crippen LogP contribution in [0.15, 0.2) is 36.4 Å². The van der Waals surface area contributed by atoms with Crippen molar-refractivity contribution in [2.24, 2.45) is 0 Å². The number of benzene rings is 2. The highest BCUT2D eigenvalue weighted by molar-refractivity contribution is 5.95. The van der Waals surface area contributed by atoms with Gasteiger partial charge in [-0.25, -0.2) is 0 Å². The van der Waals surface area contributed by atoms with Gasteiger partial charge in [-0.1, -0.05) is 6.07 Å². The Balaban J connectivity index is 1.46. The lowest BCUT2D eigenvalue weighted by Gasteiger charge is -2.29. The molecule has 0 unspecified atom stereocenters. The minimum absolute atomic E-state index is 0.0369. The van der Waals surface area contributed by atoms with Crippen molar-refractivity contribution in [1.82, 2.24) is 4.90 Å². The molecule has 1 N–H and O–H groups in total. The van der Waals surface area contributed by atoms with Crippen LogP contribution >= 0.6 is 0 Å². The molecule has 0 atom stereocenters. The molecule has 0 aliphatic carbocycles. The van der Waals surface area contributed by atoms with E-state index in [2.05, 4.69) is 5.32 Å². The third-order valence-electron chi connectivity index (χ3n) is 5.26. The summed E-state index contributed by atoms with van der Waals surface area (Å²) >= 11 is 0. The minimum Gasteiger partial charge on any atom is -0.493 e. The molecule has 2 aromatic carbocycles. The zero-order chi connectivity index (χ0) is 19.5. The fraction of sp³-hybridized carbons (Fsp3) is 0.364. The number of nitrogens with one attached hydrogen (secondary N) is 1. The maximum atomic E-state index is 13.0. The Morgan fingerprint density at radius 3 is 2.86 bits per heavy atom. The number of hydrogen-bond donors (Lipinski definition) is 1. The number of amides is 2. The quantitative estimate of drug-likeness (QED) is 0.866. The van der Waals surface area contributed by atoms with E-state index in [-0.39, 0.29) is 11.8 Å². The zero-order valence-corrected chi connectivity index (χ0v) is 16.0. The highest BCUT2D eigenvalue weighted by Crippen LogP contribution is 2.28. The van der Waals surface area contributed by atoms with Crippen LogP contribution in [-0.4, -0.2) is 43.6 Å². The molecule has 0 saturated carbocycles. The average molecular weight is 380 g/mol. The first-order valence-electron chi connectivity index (χ1n) is 9.59. The van der Waals surface area contributed by atoms with E-state index in [1.54, 1.807) is 7.11 Å². The van der Waals surface area contributed by atoms with Crippen molar-refractivity contribution >= 4 is 17.5 Å². The van der Waals surface area contributed by atoms with Crippen LogP contribution in [0, 0.1) is 0 Å². The molecule has 2 aliphatic rings. The van der Waals surface area contributed by atoms with Gasteiger partial charge in [0.1, 0.15) is 5.75 Å². The number of methoxy groups -OCH3 is 1. The van der Waals surface area contributed by atoms with Crippen LogP contribution in [-0.2, 0) is 28.9 Å². The molecule has 0 fully saturated rings. The van der Waals surface area contributed by atoms with E-state index in [9.17, 15) is 9.59 Å². The highest BCUT2D eigenvalue weighted by atomic mass is 16.5. The molecular formula is C22H24N2O4. The standard InChI is InChI=1S/C22H24N2O4/c1-27-10-8-21(25)23-19-4-2-15-6-9-24(14-18(15)13-19)22(26)17-3-5-20-16(12-17)7-11-28-20/h2-5,12-13H,6-11,14H2,1H3,(H,23,25). The van der Waals surface area contributed by atoms with Gasteiger partial charge in [-0.15, -0.1) is 0 Å². The van der Waals surface area contributed by atoms with Crippen molar-refractivity contribution in [1.29, 1.82) is 0 Å². The highest BCUT2D eigenvalue weighted by Gasteiger charge is 2.23. The fourth-order valence-electron chi connectivity index (χ4n) is 3.73. The monoisotopic (exact) mass is 380 g/mol. The average Bonchev–Trinajstić information content (AvgIpc) is 3.19. The normalized spacial score (nSPS) is 14.8. The Morgan fingerprint density at radius 1 is 1.11 bits per heavy atom. The summed E-state index contributed by atoms with van der Waals surface area (Å²) < 4.78 is 10.5. The molecule has 0 spiro atoms. The Kier molecular flexibility index (Phi) is 5.30. The smallest absolute Gasteiger partial charge is 0.254 e. The molecular weight excluding hydrogens is 356 g/mol. The Hall–Kier alpha value is -2.86. The lowest BCUT2D eigenvalue weighted by molar-refractivity contribution is -0.117. The van der Waals surface area contributed by atoms with Crippen molar-refractivity contribution in [3.63, 3.8) is 0 Å². The first-order chi connectivity index (χ1) is 13.6. The van der Waals surface area contributed by atoms with E-state index in [1.807, 2.05) is 41.3 Å². The molecule has 2 aromatic rings. The van der Waals surface area contributed by atoms with Gasteiger partial charge in [0.25, 0.3) is 5.91 Å². The van der Waals surface area contributed by atoms with Crippen LogP contribution < -0.4 is 10.1 Å². The summed E-state index contributed by atoms with van der Waals surface area (Å²) in [6.07, 6.45) is 1.98. The number of carbonyl (C=O) groups is 2. The SMILES string of the molecule is COCCC(=O)Nc1ccc2c(c1)CN(C(=O)c1ccc3c(c1)CCO3)CC2. The predicted molar refractivity (Wildman–Crippen MR) is 106 cm³/mol. The van der Waals surface area contributed by atoms with Crippen LogP contribution in [0.5, 0.6) is 5.75 Å². The molecule has 6 heteroatoms. The summed E-state index contributed by atoms with van der Waals surface area (Å²) in [4.78, 5) is 26.8. The van der Waals surface area contributed by atoms with Crippen molar-refractivity contribution in [2.45, 2.75) is 25.8 Å². The van der Waals surface area contributed by atoms with E-state index in [1.165, 1.54) is 5.56 Å². The van der Waals surface area contributed by atoms with E-state index < -0.39 is 0 Å². The van der Waals surface area contributed by atoms with Gasteiger partial charge < -0.3 is 19.7 Å². The number of rotatable bonds is 5. The van der Waals surface area contributed by atoms with Crippen molar-refractivity contribution in [2.75, 3.05) is 32.2 Å². The summed E-state index contributed by atoms with van der Waals surface area (Å²) in [7, 11) is 1.58. The molecule has 0 saturated heterocycles. The van der Waals surface area contributed by atoms with Gasteiger partial charge in [-0.05, 0) is 53.4 Å². The Labute approximate surface area is 164 Å². The lowest BCUT2D eigenvalue weighted by Crippen LogP contribution is -2.36. The molecule has 2 amide bonds. The molecule has 0 aromatic heterocycles. The van der Waals surface area contributed by atoms with Crippen molar-refractivity contribution in [3.05, 3.63) is 58.7 Å². The third-order valence-corrected chi connectivity index (χ3v) is 5.26. The van der Waals surface area contributed by atoms with Crippen LogP contribution in [0.1, 0.15) is 33.5 Å². The summed E-state index contributed by atoms with van der Waals surface area (Å²) in [6, 6.07) is 11.6. The van der Waals surface area contributed by atoms with Crippen molar-refractivity contribution < 1.29 is 19.1 Å². The van der Waals surface area contributed by atoms with Crippen LogP contribution in [0.25, 0.3) is 0 Å². The first-order valence-corrected chi connectivity index (χ1v) is 9.59. The molecule has 4 rings (SSSR count). The Bertz CT molecular complexity index is 909. The number of ether oxygens (including phenoxy) is 2. The lowest BCUT2D eigenvalue weighted by atomic mass is 9.98. The molecule has 2 aliphatic heterocycles. The summed E-state index contributed by atoms with van der Waals surface area (Å²) in [5, 5.41) is 2.89. The summed E-state index contributed by atoms with van der Waals surface area (Å²) in [5.74, 6) is 0.843. The van der Waals surface area contributed by atoms with Crippen LogP contribution in [0.4, 0.5) is 5.69 Å². The second-order valence-electron chi connectivity index (χ2n) is 7.17. The largest absolute Gasteiger partial charge is 0.493 e. The van der Waals surface area contributed by atoms with Gasteiger partial charge in [0.2, 0.25) is 5.91 Å². The Morgan fingerprint density at radius 2 is 2.00 bits per heavy atom. The molecule has 146 valence electrons. The van der Waals surface area contributed by atoms with Crippen molar-refractivity contribution in [3.8, 4) is 5.75 Å². The topological polar surface area (TPSA) is 67.9 Å². The van der Waals surface area contributed by atoms with E-state index >= 15 is 0 Å². The molecule has 6 nitrogen and oxygen atoms in total. The second-order valence-corrected chi connectivity index (χ2v) is 7.17. The molecule has 28 heavy (non-hydrogen) atoms. The van der Waals surface area contributed by atoms with Crippen LogP contribution in [0.2, 0.25) is 0 Å². The van der Waals surface area contributed by atoms with E-state index in [4.69, 9.17) is 9.47 Å². The van der Waals surface area contributed by atoms with Crippen LogP contribution in [0.3, 0.4) is 0 Å². The number of carbonyl (C=O) groups excluding carboxylic acids is 2. The van der Waals surface area contributed by atoms with Gasteiger partial charge >= 0.3 is 0 Å². The third kappa shape index (κ3) is 3.87. The second kappa shape index (κ2) is 8.02. The van der Waals surface area contributed by atoms with E-state index in [0.717, 1.165) is 35.4 Å². The first kappa shape index (κ1) is 18.5. The number of anilines is 1. The molecule has 2 heterocycles.